The van der Waals surface area contributed by atoms with Crippen LogP contribution in [0.3, 0.4) is 0 Å². The quantitative estimate of drug-likeness (QED) is 0.111. The molecule has 0 unspecified atom stereocenters. The van der Waals surface area contributed by atoms with Crippen molar-refractivity contribution in [1.29, 1.82) is 0 Å². The van der Waals surface area contributed by atoms with Crippen LogP contribution in [0.25, 0.3) is 42.5 Å². The van der Waals surface area contributed by atoms with Crippen LogP contribution in [0.15, 0.2) is 97.1 Å². The number of nitrogens with zero attached hydrogens (tertiary/aromatic N) is 4. The molecule has 0 radical (unpaired) electrons. The average molecular weight is 897 g/mol. The van der Waals surface area contributed by atoms with Crippen molar-refractivity contribution in [1.82, 2.24) is 29.9 Å². The third kappa shape index (κ3) is 18.8. The second kappa shape index (κ2) is 31.4. The molecule has 0 spiro atoms. The maximum atomic E-state index is 11.7. The molecule has 0 bridgehead atoms. The first-order chi connectivity index (χ1) is 29.9. The third-order valence-electron chi connectivity index (χ3n) is 7.70. The van der Waals surface area contributed by atoms with Gasteiger partial charge in [0.1, 0.15) is 0 Å². The number of benzene rings is 4. The van der Waals surface area contributed by atoms with E-state index in [-0.39, 0.29) is 30.8 Å². The van der Waals surface area contributed by atoms with Crippen molar-refractivity contribution in [2.75, 3.05) is 10.6 Å². The smallest absolute Gasteiger partial charge is 0.201 e. The van der Waals surface area contributed by atoms with Gasteiger partial charge in [0.25, 0.3) is 0 Å². The summed E-state index contributed by atoms with van der Waals surface area (Å²) >= 11 is 3.18. The Hall–Kier alpha value is -5.46. The molecule has 63 heavy (non-hydrogen) atoms. The number of Topliss-reactive ketones (excluding diaryl/α,β-unsaturated/α-hetero) is 2. The second-order valence-corrected chi connectivity index (χ2v) is 15.9. The lowest BCUT2D eigenvalue weighted by atomic mass is 10.1. The number of para-hydroxylation sites is 6. The number of carbonyl (C=O) groups excluding carboxylic acids is 2. The van der Waals surface area contributed by atoms with Gasteiger partial charge in [0.05, 0.1) is 42.5 Å². The summed E-state index contributed by atoms with van der Waals surface area (Å²) < 4.78 is 2.32. The first-order valence-corrected chi connectivity index (χ1v) is 23.7. The fourth-order valence-electron chi connectivity index (χ4n) is 5.04. The molecule has 12 heteroatoms. The van der Waals surface area contributed by atoms with Crippen LogP contribution in [0.1, 0.15) is 139 Å². The Labute approximate surface area is 386 Å². The molecule has 0 amide bonds. The summed E-state index contributed by atoms with van der Waals surface area (Å²) in [5.41, 5.74) is 5.83. The first kappa shape index (κ1) is 57.5. The molecule has 4 heterocycles. The van der Waals surface area contributed by atoms with Crippen molar-refractivity contribution in [2.24, 2.45) is 11.8 Å². The minimum absolute atomic E-state index is 0. The maximum Gasteiger partial charge on any atom is 0.201 e. The van der Waals surface area contributed by atoms with E-state index in [2.05, 4.69) is 74.3 Å². The number of fused-ring (bicyclic) bond motifs is 4. The lowest BCUT2D eigenvalue weighted by Crippen LogP contribution is -2.10. The number of H-pyrrole nitrogens is 2. The van der Waals surface area contributed by atoms with Crippen LogP contribution in [0, 0.1) is 11.8 Å². The van der Waals surface area contributed by atoms with E-state index in [9.17, 15) is 9.59 Å². The summed E-state index contributed by atoms with van der Waals surface area (Å²) in [7, 11) is 0. The molecular weight excluding hydrogens is 821 g/mol. The van der Waals surface area contributed by atoms with Gasteiger partial charge in [-0.3, -0.25) is 9.59 Å². The average Bonchev–Trinajstić information content (AvgIpc) is 4.10. The van der Waals surface area contributed by atoms with Crippen molar-refractivity contribution in [2.45, 2.75) is 130 Å². The summed E-state index contributed by atoms with van der Waals surface area (Å²) in [5.74, 6) is 1.50. The highest BCUT2D eigenvalue weighted by Crippen LogP contribution is 2.26. The molecule has 8 rings (SSSR count). The van der Waals surface area contributed by atoms with E-state index in [1.54, 1.807) is 11.3 Å². The van der Waals surface area contributed by atoms with Gasteiger partial charge in [0.2, 0.25) is 11.7 Å². The van der Waals surface area contributed by atoms with Gasteiger partial charge in [0.15, 0.2) is 21.7 Å². The van der Waals surface area contributed by atoms with Gasteiger partial charge in [-0.1, -0.05) is 150 Å². The number of carbonyl (C=O) groups is 2. The van der Waals surface area contributed by atoms with Crippen LogP contribution < -0.4 is 10.6 Å². The summed E-state index contributed by atoms with van der Waals surface area (Å²) in [4.78, 5) is 46.9. The van der Waals surface area contributed by atoms with Gasteiger partial charge >= 0.3 is 0 Å². The van der Waals surface area contributed by atoms with Crippen LogP contribution >= 0.6 is 22.7 Å². The lowest BCUT2D eigenvalue weighted by molar-refractivity contribution is 0.0926. The molecule has 0 aliphatic carbocycles. The summed E-state index contributed by atoms with van der Waals surface area (Å²) in [6, 6.07) is 32.5. The number of thiazole rings is 2. The molecule has 0 aliphatic heterocycles. The summed E-state index contributed by atoms with van der Waals surface area (Å²) in [6.07, 6.45) is 0. The van der Waals surface area contributed by atoms with E-state index in [1.807, 2.05) is 174 Å². The molecule has 10 nitrogen and oxygen atoms in total. The third-order valence-corrected chi connectivity index (χ3v) is 9.72. The lowest BCUT2D eigenvalue weighted by Gasteiger charge is -2.04. The molecule has 4 aromatic carbocycles. The second-order valence-electron chi connectivity index (χ2n) is 13.8. The van der Waals surface area contributed by atoms with Crippen molar-refractivity contribution >= 4 is 87.8 Å². The number of aromatic amines is 2. The zero-order valence-electron chi connectivity index (χ0n) is 40.0. The molecular formula is C51H76N8O2S2. The number of rotatable bonds is 8. The van der Waals surface area contributed by atoms with E-state index >= 15 is 0 Å². The highest BCUT2D eigenvalue weighted by molar-refractivity contribution is 7.22. The van der Waals surface area contributed by atoms with E-state index in [0.29, 0.717) is 22.9 Å². The molecule has 4 N–H and O–H groups in total. The van der Waals surface area contributed by atoms with Gasteiger partial charge < -0.3 is 20.6 Å². The van der Waals surface area contributed by atoms with Crippen molar-refractivity contribution in [3.8, 4) is 0 Å². The monoisotopic (exact) mass is 897 g/mol. The molecule has 4 aromatic heterocycles. The molecule has 344 valence electrons. The van der Waals surface area contributed by atoms with E-state index in [1.165, 1.54) is 16.0 Å². The van der Waals surface area contributed by atoms with Crippen molar-refractivity contribution in [3.05, 3.63) is 108 Å². The molecule has 0 atom stereocenters. The number of hydrogen-bond acceptors (Lipinski definition) is 10. The van der Waals surface area contributed by atoms with E-state index in [0.717, 1.165) is 48.9 Å². The van der Waals surface area contributed by atoms with Gasteiger partial charge in [-0.15, -0.1) is 11.3 Å². The zero-order chi connectivity index (χ0) is 46.8. The largest absolute Gasteiger partial charge is 0.359 e. The fraction of sp³-hybridized carbons (Fsp3) is 0.412. The number of nitrogens with one attached hydrogen (secondary N) is 4. The van der Waals surface area contributed by atoms with Crippen LogP contribution in [0.4, 0.5) is 11.1 Å². The predicted octanol–water partition coefficient (Wildman–Crippen LogP) is 15.8. The van der Waals surface area contributed by atoms with E-state index < -0.39 is 0 Å². The van der Waals surface area contributed by atoms with Crippen LogP contribution in [0.2, 0.25) is 0 Å². The molecule has 0 saturated carbocycles. The Kier molecular flexibility index (Phi) is 28.7. The number of anilines is 2. The Morgan fingerprint density at radius 3 is 1.32 bits per heavy atom. The molecule has 8 aromatic rings. The standard InChI is InChI=1S/C11H12N2O.C11H11NOS.C10H13N3.C10H12N2S.4C2H6.CH4/c1-7(2)10(14)11-12-8-5-3-4-6-9(8)13-11;1-7(2)10(13)11-12-8-5-3-4-6-9(8)14-11;2*1-7(2)11-10-12-8-5-3-4-6-9(8)13-10;4*1-2;/h3-7H,1-2H3,(H,12,13);3-7H,1-2H3;3-7H,1-2H3,(H2,11,12,13);3-7H,1-2H3,(H,11,12);4*1-2H3;1H4. The Morgan fingerprint density at radius 2 is 0.889 bits per heavy atom. The molecule has 0 saturated heterocycles. The molecule has 0 fully saturated rings. The maximum absolute atomic E-state index is 11.7. The minimum Gasteiger partial charge on any atom is -0.359 e. The molecule has 0 aliphatic rings. The minimum atomic E-state index is -0.0180. The van der Waals surface area contributed by atoms with Crippen LogP contribution in [-0.2, 0) is 0 Å². The van der Waals surface area contributed by atoms with Crippen LogP contribution in [-0.4, -0.2) is 53.6 Å². The van der Waals surface area contributed by atoms with Crippen LogP contribution in [0.5, 0.6) is 0 Å². The Bertz CT molecular complexity index is 2140. The Morgan fingerprint density at radius 1 is 0.476 bits per heavy atom. The number of hydrogen-bond donors (Lipinski definition) is 4. The summed E-state index contributed by atoms with van der Waals surface area (Å²) in [6.45, 7) is 32.0. The highest BCUT2D eigenvalue weighted by atomic mass is 32.1. The normalized spacial score (nSPS) is 9.84. The predicted molar refractivity (Wildman–Crippen MR) is 279 cm³/mol. The summed E-state index contributed by atoms with van der Waals surface area (Å²) in [5, 5.41) is 8.17. The van der Waals surface area contributed by atoms with Gasteiger partial charge in [0, 0.05) is 23.9 Å². The topological polar surface area (TPSA) is 141 Å². The van der Waals surface area contributed by atoms with Crippen molar-refractivity contribution in [3.63, 3.8) is 0 Å². The van der Waals surface area contributed by atoms with Gasteiger partial charge in [-0.25, -0.2) is 19.9 Å². The fourth-order valence-corrected chi connectivity index (χ4v) is 7.11. The number of ketones is 2. The SMILES string of the molecule is C.CC.CC.CC.CC.CC(C)C(=O)c1nc2ccccc2[nH]1.CC(C)C(=O)c1nc2ccccc2s1.CC(C)Nc1nc2ccccc2[nH]1.CC(C)Nc1nc2ccccc2s1. The first-order valence-electron chi connectivity index (χ1n) is 22.1. The van der Waals surface area contributed by atoms with Gasteiger partial charge in [-0.2, -0.15) is 0 Å². The zero-order valence-corrected chi connectivity index (χ0v) is 41.6. The number of aromatic nitrogens is 6. The van der Waals surface area contributed by atoms with Crippen molar-refractivity contribution < 1.29 is 9.59 Å². The van der Waals surface area contributed by atoms with Gasteiger partial charge in [-0.05, 0) is 76.2 Å². The highest BCUT2D eigenvalue weighted by Gasteiger charge is 2.15. The number of imidazole rings is 2. The van der Waals surface area contributed by atoms with E-state index in [4.69, 9.17) is 0 Å². The Balaban J connectivity index is 0.000000767.